The summed E-state index contributed by atoms with van der Waals surface area (Å²) in [6.07, 6.45) is 0. The van der Waals surface area contributed by atoms with Crippen LogP contribution in [0.5, 0.6) is 0 Å². The largest absolute Gasteiger partial charge is 0.310 e. The van der Waals surface area contributed by atoms with Crippen molar-refractivity contribution in [3.05, 3.63) is 290 Å². The van der Waals surface area contributed by atoms with Crippen molar-refractivity contribution in [2.24, 2.45) is 0 Å². The quantitative estimate of drug-likeness (QED) is 0.131. The monoisotopic (exact) mass is 1040 g/mol. The van der Waals surface area contributed by atoms with E-state index >= 15 is 0 Å². The van der Waals surface area contributed by atoms with Gasteiger partial charge in [0.1, 0.15) is 0 Å². The normalized spacial score (nSPS) is 14.6. The molecule has 0 saturated heterocycles. The van der Waals surface area contributed by atoms with Gasteiger partial charge in [-0.1, -0.05) is 254 Å². The Labute approximate surface area is 469 Å². The predicted octanol–water partition coefficient (Wildman–Crippen LogP) is 13.6. The second kappa shape index (κ2) is 19.2. The van der Waals surface area contributed by atoms with E-state index < -0.39 is 22.2 Å². The van der Waals surface area contributed by atoms with Crippen LogP contribution in [0.2, 0.25) is 0 Å². The molecule has 0 radical (unpaired) electrons. The van der Waals surface area contributed by atoms with Crippen molar-refractivity contribution in [2.75, 3.05) is 4.90 Å². The molecule has 0 bridgehead atoms. The Hall–Kier alpha value is -8.55. The van der Waals surface area contributed by atoms with Crippen LogP contribution in [0, 0.1) is 0 Å². The third-order valence-electron chi connectivity index (χ3n) is 16.4. The number of fused-ring (bicyclic) bond motifs is 5. The Kier molecular flexibility index (Phi) is 10.7. The highest BCUT2D eigenvalue weighted by Crippen LogP contribution is 2.42. The maximum Gasteiger partial charge on any atom is 0.179 e. The lowest BCUT2D eigenvalue weighted by molar-refractivity contribution is 0.590. The van der Waals surface area contributed by atoms with E-state index in [2.05, 4.69) is 288 Å². The maximum atomic E-state index is 9.08. The Bertz CT molecular complexity index is 4260. The molecule has 2 nitrogen and oxygen atoms in total. The van der Waals surface area contributed by atoms with Crippen LogP contribution in [0.3, 0.4) is 0 Å². The van der Waals surface area contributed by atoms with Crippen LogP contribution in [-0.4, -0.2) is 20.7 Å². The first-order valence-electron chi connectivity index (χ1n) is 29.7. The molecule has 1 aromatic heterocycles. The first-order valence-corrected chi connectivity index (χ1v) is 31.2. The van der Waals surface area contributed by atoms with Crippen LogP contribution in [-0.2, 0) is 10.8 Å². The molecule has 0 saturated carbocycles. The minimum Gasteiger partial charge on any atom is -0.310 e. The standard InChI is InChI=1S/C74H64N2Si2/c1-73(2,3)55-36-40-57(41-37-55)75(58-42-38-56(39-43-58)74(4,5)6)60-46-50-68-66(52-60)65-51-54(53-23-11-7-12-24-53)35-49-67(65)76(68)59-44-47-64(48-45-59)78(63-29-17-10-18-30-63)71-33-21-19-31-69(71)77(61-25-13-8-14-26-61,62-27-15-9-16-28-62)70-32-20-22-34-72(70)78/h7-52H,1-6H3/i7D,11D,12D,23D,24D. The molecule has 2 heterocycles. The van der Waals surface area contributed by atoms with Gasteiger partial charge < -0.3 is 9.47 Å². The van der Waals surface area contributed by atoms with E-state index in [0.717, 1.165) is 44.6 Å². The van der Waals surface area contributed by atoms with E-state index in [1.54, 1.807) is 0 Å². The number of rotatable bonds is 9. The van der Waals surface area contributed by atoms with E-state index in [4.69, 9.17) is 6.85 Å². The van der Waals surface area contributed by atoms with Crippen molar-refractivity contribution in [3.63, 3.8) is 0 Å². The average Bonchev–Trinajstić information content (AvgIpc) is 1.67. The summed E-state index contributed by atoms with van der Waals surface area (Å²) in [7, 11) is -5.98. The predicted molar refractivity (Wildman–Crippen MR) is 339 cm³/mol. The van der Waals surface area contributed by atoms with Crippen LogP contribution in [0.4, 0.5) is 17.1 Å². The van der Waals surface area contributed by atoms with Crippen molar-refractivity contribution in [2.45, 2.75) is 52.4 Å². The molecule has 13 rings (SSSR count). The molecule has 0 unspecified atom stereocenters. The van der Waals surface area contributed by atoms with Crippen molar-refractivity contribution >= 4 is 96.5 Å². The summed E-state index contributed by atoms with van der Waals surface area (Å²) in [5, 5.41) is 12.9. The Morgan fingerprint density at radius 2 is 0.718 bits per heavy atom. The second-order valence-corrected chi connectivity index (χ2v) is 30.4. The number of hydrogen-bond acceptors (Lipinski definition) is 1. The number of hydrogen-bond donors (Lipinski definition) is 0. The van der Waals surface area contributed by atoms with Gasteiger partial charge in [0.2, 0.25) is 0 Å². The first-order chi connectivity index (χ1) is 40.0. The summed E-state index contributed by atoms with van der Waals surface area (Å²) >= 11 is 0. The first kappa shape index (κ1) is 43.5. The molecular formula is C74H64N2Si2. The SMILES string of the molecule is [2H]c1c([2H])c([2H])c(-c2ccc3c(c2)c2cc(N(c4ccc(C(C)(C)C)cc4)c4ccc(C(C)(C)C)cc4)ccc2n3-c2ccc([Si]3(c4ccccc4)c4ccccc4[Si](c4ccccc4)(c4ccccc4)c4ccccc43)cc2)c([2H])c1[2H]. The van der Waals surface area contributed by atoms with Gasteiger partial charge in [-0.2, -0.15) is 0 Å². The highest BCUT2D eigenvalue weighted by atomic mass is 28.3. The molecule has 12 aromatic rings. The number of nitrogens with zero attached hydrogens (tertiary/aromatic N) is 2. The molecule has 0 fully saturated rings. The Morgan fingerprint density at radius 3 is 1.14 bits per heavy atom. The van der Waals surface area contributed by atoms with Gasteiger partial charge in [0.15, 0.2) is 16.1 Å². The smallest absolute Gasteiger partial charge is 0.179 e. The molecule has 78 heavy (non-hydrogen) atoms. The van der Waals surface area contributed by atoms with Crippen LogP contribution in [0.25, 0.3) is 38.6 Å². The average molecular weight is 1040 g/mol. The highest BCUT2D eigenvalue weighted by molar-refractivity contribution is 7.32. The molecule has 4 heteroatoms. The molecule has 1 aliphatic heterocycles. The molecule has 11 aromatic carbocycles. The molecular weight excluding hydrogens is 973 g/mol. The fraction of sp³-hybridized carbons (Fsp3) is 0.108. The summed E-state index contributed by atoms with van der Waals surface area (Å²) in [6.45, 7) is 13.4. The van der Waals surface area contributed by atoms with E-state index in [1.807, 2.05) is 12.1 Å². The molecule has 0 atom stereocenters. The lowest BCUT2D eigenvalue weighted by Gasteiger charge is -2.48. The van der Waals surface area contributed by atoms with E-state index in [-0.39, 0.29) is 40.6 Å². The van der Waals surface area contributed by atoms with Gasteiger partial charge in [-0.25, -0.2) is 0 Å². The number of anilines is 3. The van der Waals surface area contributed by atoms with Crippen LogP contribution in [0.1, 0.15) is 59.5 Å². The number of aromatic nitrogens is 1. The number of benzene rings is 11. The topological polar surface area (TPSA) is 8.17 Å². The van der Waals surface area contributed by atoms with Crippen molar-refractivity contribution in [1.29, 1.82) is 0 Å². The second-order valence-electron chi connectivity index (χ2n) is 22.9. The van der Waals surface area contributed by atoms with E-state index in [1.165, 1.54) is 52.6 Å². The fourth-order valence-electron chi connectivity index (χ4n) is 12.7. The summed E-state index contributed by atoms with van der Waals surface area (Å²) in [4.78, 5) is 2.32. The lowest BCUT2D eigenvalue weighted by atomic mass is 9.86. The zero-order chi connectivity index (χ0) is 57.6. The van der Waals surface area contributed by atoms with Crippen LogP contribution in [0.15, 0.2) is 279 Å². The van der Waals surface area contributed by atoms with Gasteiger partial charge >= 0.3 is 0 Å². The van der Waals surface area contributed by atoms with Crippen molar-refractivity contribution < 1.29 is 6.85 Å². The third-order valence-corrected chi connectivity index (χ3v) is 26.7. The molecule has 1 aliphatic rings. The zero-order valence-electron chi connectivity index (χ0n) is 50.1. The summed E-state index contributed by atoms with van der Waals surface area (Å²) in [5.41, 5.74) is 9.07. The highest BCUT2D eigenvalue weighted by Gasteiger charge is 2.56. The van der Waals surface area contributed by atoms with Crippen molar-refractivity contribution in [1.82, 2.24) is 4.57 Å². The van der Waals surface area contributed by atoms with Gasteiger partial charge in [0.05, 0.1) is 17.9 Å². The summed E-state index contributed by atoms with van der Waals surface area (Å²) in [6, 6.07) is 90.6. The molecule has 0 aliphatic carbocycles. The summed E-state index contributed by atoms with van der Waals surface area (Å²) in [5.74, 6) is 0. The fourth-order valence-corrected chi connectivity index (χ4v) is 24.8. The lowest BCUT2D eigenvalue weighted by Crippen LogP contribution is -2.93. The van der Waals surface area contributed by atoms with Gasteiger partial charge in [-0.3, -0.25) is 0 Å². The third kappa shape index (κ3) is 7.96. The summed E-state index contributed by atoms with van der Waals surface area (Å²) < 4.78 is 46.2. The van der Waals surface area contributed by atoms with E-state index in [0.29, 0.717) is 5.56 Å². The zero-order valence-corrected chi connectivity index (χ0v) is 47.1. The Balaban J connectivity index is 1.05. The minimum absolute atomic E-state index is 0.0253. The molecule has 0 N–H and O–H groups in total. The Morgan fingerprint density at radius 1 is 0.346 bits per heavy atom. The maximum absolute atomic E-state index is 9.08. The minimum atomic E-state index is -3.09. The van der Waals surface area contributed by atoms with Gasteiger partial charge in [-0.05, 0) is 141 Å². The van der Waals surface area contributed by atoms with E-state index in [9.17, 15) is 0 Å². The van der Waals surface area contributed by atoms with Crippen LogP contribution < -0.4 is 46.4 Å². The molecule has 378 valence electrons. The van der Waals surface area contributed by atoms with Crippen molar-refractivity contribution in [3.8, 4) is 16.8 Å². The van der Waals surface area contributed by atoms with Gasteiger partial charge in [0.25, 0.3) is 0 Å². The van der Waals surface area contributed by atoms with Gasteiger partial charge in [0, 0.05) is 33.5 Å². The molecule has 0 amide bonds. The molecule has 0 spiro atoms. The van der Waals surface area contributed by atoms with Crippen LogP contribution >= 0.6 is 0 Å². The van der Waals surface area contributed by atoms with Gasteiger partial charge in [-0.15, -0.1) is 0 Å².